The summed E-state index contributed by atoms with van der Waals surface area (Å²) in [5.41, 5.74) is 2.02. The fraction of sp³-hybridized carbons (Fsp3) is 0.500. The van der Waals surface area contributed by atoms with Crippen molar-refractivity contribution in [1.82, 2.24) is 0 Å². The van der Waals surface area contributed by atoms with Crippen molar-refractivity contribution in [2.75, 3.05) is 11.4 Å². The summed E-state index contributed by atoms with van der Waals surface area (Å²) in [7, 11) is 0. The minimum absolute atomic E-state index is 0.0956. The van der Waals surface area contributed by atoms with Gasteiger partial charge in [0.1, 0.15) is 5.75 Å². The number of aliphatic hydroxyl groups excluding tert-OH is 1. The largest absolute Gasteiger partial charge is 0.508 e. The van der Waals surface area contributed by atoms with Crippen LogP contribution in [0.25, 0.3) is 0 Å². The SMILES string of the molecule is CCN1c2cccc(O)c2CC1C(C)O. The Morgan fingerprint density at radius 3 is 2.87 bits per heavy atom. The third kappa shape index (κ3) is 1.57. The summed E-state index contributed by atoms with van der Waals surface area (Å²) < 4.78 is 0. The smallest absolute Gasteiger partial charge is 0.120 e. The monoisotopic (exact) mass is 207 g/mol. The summed E-state index contributed by atoms with van der Waals surface area (Å²) in [6.45, 7) is 4.72. The fourth-order valence-electron chi connectivity index (χ4n) is 2.37. The lowest BCUT2D eigenvalue weighted by atomic mass is 10.1. The molecule has 0 saturated heterocycles. The minimum atomic E-state index is -0.378. The molecule has 2 N–H and O–H groups in total. The molecule has 0 aromatic heterocycles. The number of hydrogen-bond acceptors (Lipinski definition) is 3. The molecular weight excluding hydrogens is 190 g/mol. The Kier molecular flexibility index (Phi) is 2.57. The molecule has 0 amide bonds. The maximum Gasteiger partial charge on any atom is 0.120 e. The summed E-state index contributed by atoms with van der Waals surface area (Å²) in [6.07, 6.45) is 0.352. The predicted molar refractivity (Wildman–Crippen MR) is 60.3 cm³/mol. The van der Waals surface area contributed by atoms with Crippen LogP contribution in [0, 0.1) is 0 Å². The highest BCUT2D eigenvalue weighted by Gasteiger charge is 2.32. The lowest BCUT2D eigenvalue weighted by Crippen LogP contribution is -2.39. The summed E-state index contributed by atoms with van der Waals surface area (Å²) in [4.78, 5) is 2.15. The van der Waals surface area contributed by atoms with Crippen LogP contribution in [0.3, 0.4) is 0 Å². The summed E-state index contributed by atoms with van der Waals surface area (Å²) in [5.74, 6) is 0.342. The highest BCUT2D eigenvalue weighted by molar-refractivity contribution is 5.64. The number of anilines is 1. The number of phenolic OH excluding ortho intramolecular Hbond substituents is 1. The lowest BCUT2D eigenvalue weighted by Gasteiger charge is -2.28. The van der Waals surface area contributed by atoms with E-state index >= 15 is 0 Å². The molecule has 82 valence electrons. The van der Waals surface area contributed by atoms with Gasteiger partial charge in [-0.3, -0.25) is 0 Å². The molecule has 0 saturated carbocycles. The van der Waals surface area contributed by atoms with Gasteiger partial charge >= 0.3 is 0 Å². The Morgan fingerprint density at radius 1 is 1.53 bits per heavy atom. The van der Waals surface area contributed by atoms with Gasteiger partial charge in [0.05, 0.1) is 12.1 Å². The van der Waals surface area contributed by atoms with E-state index in [-0.39, 0.29) is 12.1 Å². The summed E-state index contributed by atoms with van der Waals surface area (Å²) in [5, 5.41) is 19.4. The van der Waals surface area contributed by atoms with Crippen molar-refractivity contribution in [3.63, 3.8) is 0 Å². The van der Waals surface area contributed by atoms with Gasteiger partial charge < -0.3 is 15.1 Å². The number of phenols is 1. The molecule has 15 heavy (non-hydrogen) atoms. The number of fused-ring (bicyclic) bond motifs is 1. The second-order valence-electron chi connectivity index (χ2n) is 4.07. The van der Waals surface area contributed by atoms with E-state index < -0.39 is 0 Å². The molecule has 3 heteroatoms. The van der Waals surface area contributed by atoms with Crippen LogP contribution in [0.2, 0.25) is 0 Å². The van der Waals surface area contributed by atoms with Crippen molar-refractivity contribution in [2.24, 2.45) is 0 Å². The third-order valence-corrected chi connectivity index (χ3v) is 3.15. The molecule has 0 spiro atoms. The molecular formula is C12H17NO2. The topological polar surface area (TPSA) is 43.7 Å². The van der Waals surface area contributed by atoms with Crippen molar-refractivity contribution >= 4 is 5.69 Å². The fourth-order valence-corrected chi connectivity index (χ4v) is 2.37. The van der Waals surface area contributed by atoms with Crippen LogP contribution < -0.4 is 4.90 Å². The van der Waals surface area contributed by atoms with Crippen LogP contribution in [0.1, 0.15) is 19.4 Å². The number of aromatic hydroxyl groups is 1. The van der Waals surface area contributed by atoms with Crippen LogP contribution in [0.5, 0.6) is 5.75 Å². The van der Waals surface area contributed by atoms with Crippen LogP contribution >= 0.6 is 0 Å². The lowest BCUT2D eigenvalue weighted by molar-refractivity contribution is 0.162. The maximum absolute atomic E-state index is 9.74. The Hall–Kier alpha value is -1.22. The predicted octanol–water partition coefficient (Wildman–Crippen LogP) is 1.52. The number of nitrogens with zero attached hydrogens (tertiary/aromatic N) is 1. The van der Waals surface area contributed by atoms with E-state index in [0.717, 1.165) is 24.2 Å². The molecule has 3 nitrogen and oxygen atoms in total. The number of rotatable bonds is 2. The number of likely N-dealkylation sites (N-methyl/N-ethyl adjacent to an activating group) is 1. The van der Waals surface area contributed by atoms with Gasteiger partial charge in [-0.05, 0) is 26.0 Å². The summed E-state index contributed by atoms with van der Waals surface area (Å²) >= 11 is 0. The van der Waals surface area contributed by atoms with Gasteiger partial charge in [-0.25, -0.2) is 0 Å². The molecule has 1 aromatic rings. The van der Waals surface area contributed by atoms with Gasteiger partial charge in [-0.1, -0.05) is 6.07 Å². The van der Waals surface area contributed by atoms with Crippen LogP contribution in [0.4, 0.5) is 5.69 Å². The molecule has 1 heterocycles. The molecule has 2 atom stereocenters. The van der Waals surface area contributed by atoms with Crippen molar-refractivity contribution in [1.29, 1.82) is 0 Å². The minimum Gasteiger partial charge on any atom is -0.508 e. The van der Waals surface area contributed by atoms with E-state index in [1.807, 2.05) is 12.1 Å². The van der Waals surface area contributed by atoms with Crippen molar-refractivity contribution < 1.29 is 10.2 Å². The molecule has 0 bridgehead atoms. The molecule has 0 aliphatic carbocycles. The van der Waals surface area contributed by atoms with Gasteiger partial charge in [0.15, 0.2) is 0 Å². The average Bonchev–Trinajstić information content (AvgIpc) is 2.57. The van der Waals surface area contributed by atoms with Gasteiger partial charge in [0.2, 0.25) is 0 Å². The normalized spacial score (nSPS) is 21.5. The molecule has 2 unspecified atom stereocenters. The van der Waals surface area contributed by atoms with Gasteiger partial charge in [-0.2, -0.15) is 0 Å². The first kappa shape index (κ1) is 10.3. The zero-order valence-corrected chi connectivity index (χ0v) is 9.14. The molecule has 1 aliphatic heterocycles. The summed E-state index contributed by atoms with van der Waals surface area (Å²) in [6, 6.07) is 5.65. The molecule has 2 rings (SSSR count). The third-order valence-electron chi connectivity index (χ3n) is 3.15. The molecule has 0 radical (unpaired) electrons. The van der Waals surface area contributed by atoms with Gasteiger partial charge in [0, 0.05) is 24.2 Å². The Morgan fingerprint density at radius 2 is 2.27 bits per heavy atom. The maximum atomic E-state index is 9.74. The van der Waals surface area contributed by atoms with Gasteiger partial charge in [-0.15, -0.1) is 0 Å². The van der Waals surface area contributed by atoms with E-state index in [0.29, 0.717) is 5.75 Å². The van der Waals surface area contributed by atoms with Gasteiger partial charge in [0.25, 0.3) is 0 Å². The second kappa shape index (κ2) is 3.74. The van der Waals surface area contributed by atoms with E-state index in [1.54, 1.807) is 13.0 Å². The zero-order chi connectivity index (χ0) is 11.0. The number of benzene rings is 1. The van der Waals surface area contributed by atoms with E-state index in [1.165, 1.54) is 0 Å². The van der Waals surface area contributed by atoms with Crippen LogP contribution in [-0.2, 0) is 6.42 Å². The first-order valence-electron chi connectivity index (χ1n) is 5.40. The Labute approximate surface area is 90.0 Å². The number of aliphatic hydroxyl groups is 1. The second-order valence-corrected chi connectivity index (χ2v) is 4.07. The van der Waals surface area contributed by atoms with Crippen LogP contribution in [-0.4, -0.2) is 28.9 Å². The first-order valence-corrected chi connectivity index (χ1v) is 5.40. The molecule has 1 aromatic carbocycles. The van der Waals surface area contributed by atoms with Crippen LogP contribution in [0.15, 0.2) is 18.2 Å². The molecule has 1 aliphatic rings. The standard InChI is InChI=1S/C12H17NO2/c1-3-13-10-5-4-6-12(15)9(10)7-11(13)8(2)14/h4-6,8,11,14-15H,3,7H2,1-2H3. The first-order chi connectivity index (χ1) is 7.15. The average molecular weight is 207 g/mol. The molecule has 0 fully saturated rings. The Balaban J connectivity index is 2.41. The number of hydrogen-bond donors (Lipinski definition) is 2. The van der Waals surface area contributed by atoms with Crippen molar-refractivity contribution in [3.8, 4) is 5.75 Å². The van der Waals surface area contributed by atoms with Crippen molar-refractivity contribution in [2.45, 2.75) is 32.4 Å². The zero-order valence-electron chi connectivity index (χ0n) is 9.14. The van der Waals surface area contributed by atoms with E-state index in [9.17, 15) is 10.2 Å². The Bertz CT molecular complexity index is 363. The van der Waals surface area contributed by atoms with E-state index in [4.69, 9.17) is 0 Å². The van der Waals surface area contributed by atoms with E-state index in [2.05, 4.69) is 11.8 Å². The van der Waals surface area contributed by atoms with Crippen molar-refractivity contribution in [3.05, 3.63) is 23.8 Å². The highest BCUT2D eigenvalue weighted by Crippen LogP contribution is 2.38. The highest BCUT2D eigenvalue weighted by atomic mass is 16.3. The quantitative estimate of drug-likeness (QED) is 0.773.